The predicted molar refractivity (Wildman–Crippen MR) is 172 cm³/mol. The molecule has 1 unspecified atom stereocenters. The molecule has 0 aromatic rings. The summed E-state index contributed by atoms with van der Waals surface area (Å²) in [6.07, 6.45) is 39.5. The van der Waals surface area contributed by atoms with Crippen molar-refractivity contribution in [3.63, 3.8) is 0 Å². The molecule has 0 amide bonds. The third-order valence-electron chi connectivity index (χ3n) is 6.84. The Bertz CT molecular complexity index is 582. The van der Waals surface area contributed by atoms with E-state index in [1.807, 2.05) is 6.92 Å². The summed E-state index contributed by atoms with van der Waals surface area (Å²) in [5, 5.41) is 10.2. The lowest BCUT2D eigenvalue weighted by Gasteiger charge is -2.10. The van der Waals surface area contributed by atoms with Crippen LogP contribution in [0.2, 0.25) is 0 Å². The van der Waals surface area contributed by atoms with Gasteiger partial charge in [0.05, 0.1) is 25.9 Å². The smallest absolute Gasteiger partial charge is 0.0648 e. The lowest BCUT2D eigenvalue weighted by Crippen LogP contribution is -2.17. The first-order chi connectivity index (χ1) is 19.2. The number of likely N-dealkylation sites (N-methyl/N-ethyl adjacent to an activating group) is 1. The molecule has 39 heavy (non-hydrogen) atoms. The van der Waals surface area contributed by atoms with Crippen LogP contribution in [-0.4, -0.2) is 63.2 Å². The molecule has 228 valence electrons. The maximum Gasteiger partial charge on any atom is 0.0648 e. The summed E-state index contributed by atoms with van der Waals surface area (Å²) in [7, 11) is 4.13. The van der Waals surface area contributed by atoms with Crippen molar-refractivity contribution in [3.8, 4) is 0 Å². The van der Waals surface area contributed by atoms with Crippen molar-refractivity contribution in [1.82, 2.24) is 4.90 Å². The van der Waals surface area contributed by atoms with E-state index in [-0.39, 0.29) is 6.10 Å². The number of aliphatic hydroxyl groups excluding tert-OH is 1. The molecule has 0 aromatic heterocycles. The molecule has 1 atom stereocenters. The van der Waals surface area contributed by atoms with Crippen molar-refractivity contribution >= 4 is 0 Å². The number of ether oxygens (including phenoxy) is 2. The van der Waals surface area contributed by atoms with Crippen LogP contribution in [0.15, 0.2) is 48.6 Å². The lowest BCUT2D eigenvalue weighted by molar-refractivity contribution is 0.141. The maximum absolute atomic E-state index is 10.2. The van der Waals surface area contributed by atoms with Gasteiger partial charge in [0.1, 0.15) is 0 Å². The Hall–Kier alpha value is -1.20. The second-order valence-electron chi connectivity index (χ2n) is 10.9. The second kappa shape index (κ2) is 33.0. The minimum absolute atomic E-state index is 0.0819. The van der Waals surface area contributed by atoms with Crippen LogP contribution < -0.4 is 0 Å². The molecule has 0 rings (SSSR count). The quantitative estimate of drug-likeness (QED) is 0.0719. The normalized spacial score (nSPS) is 13.4. The zero-order valence-electron chi connectivity index (χ0n) is 26.2. The fourth-order valence-electron chi connectivity index (χ4n) is 4.34. The van der Waals surface area contributed by atoms with Gasteiger partial charge in [-0.2, -0.15) is 0 Å². The number of nitrogens with zero attached hydrogens (tertiary/aromatic N) is 1. The number of rotatable bonds is 30. The molecule has 4 heteroatoms. The fraction of sp³-hybridized carbons (Fsp3) is 0.771. The highest BCUT2D eigenvalue weighted by atomic mass is 16.5. The Labute approximate surface area is 243 Å². The fourth-order valence-corrected chi connectivity index (χ4v) is 4.34. The van der Waals surface area contributed by atoms with E-state index >= 15 is 0 Å². The van der Waals surface area contributed by atoms with Crippen LogP contribution in [-0.2, 0) is 9.47 Å². The Morgan fingerprint density at radius 1 is 0.564 bits per heavy atom. The van der Waals surface area contributed by atoms with Crippen molar-refractivity contribution in [2.75, 3.05) is 47.1 Å². The van der Waals surface area contributed by atoms with Crippen LogP contribution >= 0.6 is 0 Å². The first-order valence-corrected chi connectivity index (χ1v) is 16.2. The Balaban J connectivity index is 3.30. The molecule has 0 aromatic carbocycles. The summed E-state index contributed by atoms with van der Waals surface area (Å²) < 4.78 is 10.8. The molecule has 0 spiro atoms. The number of hydrogen-bond donors (Lipinski definition) is 1. The van der Waals surface area contributed by atoms with E-state index in [0.717, 1.165) is 52.0 Å². The van der Waals surface area contributed by atoms with Gasteiger partial charge in [0.15, 0.2) is 0 Å². The molecule has 0 saturated carbocycles. The Morgan fingerprint density at radius 3 is 1.49 bits per heavy atom. The average Bonchev–Trinajstić information content (AvgIpc) is 2.92. The molecule has 0 aliphatic heterocycles. The third-order valence-corrected chi connectivity index (χ3v) is 6.84. The van der Waals surface area contributed by atoms with E-state index in [1.54, 1.807) is 0 Å². The van der Waals surface area contributed by atoms with E-state index in [9.17, 15) is 5.11 Å². The largest absolute Gasteiger partial charge is 0.393 e. The number of allylic oxidation sites excluding steroid dienone is 6. The number of hydrogen-bond acceptors (Lipinski definition) is 4. The molecular formula is C35H65NO3. The SMILES string of the molecule is CCOC/C=C\C/C=C\CCCCCCCCC(O)CCCCCCCC/C=C\C/C=C\COCCN(C)C. The van der Waals surface area contributed by atoms with E-state index in [4.69, 9.17) is 9.47 Å². The zero-order valence-corrected chi connectivity index (χ0v) is 26.2. The third kappa shape index (κ3) is 34.8. The minimum atomic E-state index is -0.0819. The summed E-state index contributed by atoms with van der Waals surface area (Å²) >= 11 is 0. The predicted octanol–water partition coefficient (Wildman–Crippen LogP) is 9.21. The summed E-state index contributed by atoms with van der Waals surface area (Å²) in [6.45, 7) is 6.03. The molecule has 1 N–H and O–H groups in total. The van der Waals surface area contributed by atoms with Gasteiger partial charge < -0.3 is 19.5 Å². The molecule has 0 heterocycles. The van der Waals surface area contributed by atoms with Crippen LogP contribution in [0, 0.1) is 0 Å². The lowest BCUT2D eigenvalue weighted by atomic mass is 10.0. The van der Waals surface area contributed by atoms with Crippen LogP contribution in [0.4, 0.5) is 0 Å². The van der Waals surface area contributed by atoms with Crippen LogP contribution in [0.3, 0.4) is 0 Å². The van der Waals surface area contributed by atoms with Crippen molar-refractivity contribution in [1.29, 1.82) is 0 Å². The average molecular weight is 548 g/mol. The van der Waals surface area contributed by atoms with E-state index in [2.05, 4.69) is 67.6 Å². The van der Waals surface area contributed by atoms with Crippen LogP contribution in [0.25, 0.3) is 0 Å². The van der Waals surface area contributed by atoms with Gasteiger partial charge in [-0.25, -0.2) is 0 Å². The molecule has 4 nitrogen and oxygen atoms in total. The highest BCUT2D eigenvalue weighted by Crippen LogP contribution is 2.15. The number of aliphatic hydroxyl groups is 1. The van der Waals surface area contributed by atoms with Crippen molar-refractivity contribution in [2.45, 2.75) is 129 Å². The van der Waals surface area contributed by atoms with Crippen molar-refractivity contribution in [2.24, 2.45) is 0 Å². The molecule has 0 aliphatic rings. The van der Waals surface area contributed by atoms with Gasteiger partial charge in [-0.05, 0) is 72.4 Å². The molecule has 0 radical (unpaired) electrons. The molecular weight excluding hydrogens is 482 g/mol. The van der Waals surface area contributed by atoms with Gasteiger partial charge in [0.25, 0.3) is 0 Å². The topological polar surface area (TPSA) is 41.9 Å². The van der Waals surface area contributed by atoms with Gasteiger partial charge in [-0.1, -0.05) is 113 Å². The van der Waals surface area contributed by atoms with Crippen LogP contribution in [0.5, 0.6) is 0 Å². The van der Waals surface area contributed by atoms with Crippen LogP contribution in [0.1, 0.15) is 122 Å². The van der Waals surface area contributed by atoms with E-state index < -0.39 is 0 Å². The molecule has 0 saturated heterocycles. The minimum Gasteiger partial charge on any atom is -0.393 e. The highest BCUT2D eigenvalue weighted by molar-refractivity contribution is 4.93. The summed E-state index contributed by atoms with van der Waals surface area (Å²) in [5.74, 6) is 0. The first kappa shape index (κ1) is 37.8. The molecule has 0 aliphatic carbocycles. The summed E-state index contributed by atoms with van der Waals surface area (Å²) in [6, 6.07) is 0. The van der Waals surface area contributed by atoms with E-state index in [0.29, 0.717) is 6.61 Å². The second-order valence-corrected chi connectivity index (χ2v) is 10.9. The number of unbranched alkanes of at least 4 members (excludes halogenated alkanes) is 12. The molecule has 0 bridgehead atoms. The Morgan fingerprint density at radius 2 is 1.00 bits per heavy atom. The first-order valence-electron chi connectivity index (χ1n) is 16.2. The summed E-state index contributed by atoms with van der Waals surface area (Å²) in [4.78, 5) is 2.13. The Kier molecular flexibility index (Phi) is 32.0. The van der Waals surface area contributed by atoms with Gasteiger partial charge in [-0.3, -0.25) is 0 Å². The van der Waals surface area contributed by atoms with Gasteiger partial charge in [0.2, 0.25) is 0 Å². The van der Waals surface area contributed by atoms with E-state index in [1.165, 1.54) is 89.9 Å². The highest BCUT2D eigenvalue weighted by Gasteiger charge is 2.03. The van der Waals surface area contributed by atoms with Gasteiger partial charge in [0, 0.05) is 13.2 Å². The van der Waals surface area contributed by atoms with Crippen molar-refractivity contribution < 1.29 is 14.6 Å². The van der Waals surface area contributed by atoms with Gasteiger partial charge >= 0.3 is 0 Å². The maximum atomic E-state index is 10.2. The zero-order chi connectivity index (χ0) is 28.5. The van der Waals surface area contributed by atoms with Crippen molar-refractivity contribution in [3.05, 3.63) is 48.6 Å². The van der Waals surface area contributed by atoms with Gasteiger partial charge in [-0.15, -0.1) is 0 Å². The standard InChI is InChI=1S/C35H65NO3/c1-4-38-32-27-23-19-15-11-7-5-9-13-17-21-25-29-35(37)30-26-22-18-14-10-6-8-12-16-20-24-28-33-39-34-31-36(2)3/h11-12,15-16,23-24,27-28,35,37H,4-10,13-14,17-22,25-26,29-34H2,1-3H3/b15-11-,16-12-,27-23-,28-24-. The molecule has 0 fully saturated rings. The summed E-state index contributed by atoms with van der Waals surface area (Å²) in [5.41, 5.74) is 0. The monoisotopic (exact) mass is 547 g/mol.